The zero-order valence-electron chi connectivity index (χ0n) is 12.3. The molecule has 1 N–H and O–H groups in total. The van der Waals surface area contributed by atoms with Gasteiger partial charge in [0, 0.05) is 13.1 Å². The number of nitrogens with zero attached hydrogens (tertiary/aromatic N) is 5. The van der Waals surface area contributed by atoms with Crippen LogP contribution in [0.1, 0.15) is 12.6 Å². The van der Waals surface area contributed by atoms with Crippen molar-refractivity contribution in [2.45, 2.75) is 25.4 Å². The third kappa shape index (κ3) is 3.61. The van der Waals surface area contributed by atoms with E-state index in [0.717, 1.165) is 0 Å². The first-order valence-electron chi connectivity index (χ1n) is 6.41. The van der Waals surface area contributed by atoms with E-state index >= 15 is 0 Å². The van der Waals surface area contributed by atoms with Crippen LogP contribution in [0.15, 0.2) is 17.3 Å². The zero-order valence-corrected chi connectivity index (χ0v) is 13.2. The molecule has 0 radical (unpaired) electrons. The van der Waals surface area contributed by atoms with Gasteiger partial charge in [-0.25, -0.2) is 4.68 Å². The number of aryl methyl sites for hydroxylation is 2. The van der Waals surface area contributed by atoms with Gasteiger partial charge in [0.25, 0.3) is 10.0 Å². The van der Waals surface area contributed by atoms with Gasteiger partial charge in [-0.2, -0.15) is 13.5 Å². The van der Waals surface area contributed by atoms with Crippen LogP contribution in [0.25, 0.3) is 0 Å². The molecule has 0 saturated carbocycles. The SMILES string of the molecule is CCOC(=O)Cn1nc(C)cc1NS(=O)(=O)c1cn(C)nn1. The van der Waals surface area contributed by atoms with Crippen LogP contribution in [-0.2, 0) is 33.1 Å². The fraction of sp³-hybridized carbons (Fsp3) is 0.455. The van der Waals surface area contributed by atoms with Crippen LogP contribution in [0.5, 0.6) is 0 Å². The van der Waals surface area contributed by atoms with Crippen molar-refractivity contribution >= 4 is 21.8 Å². The summed E-state index contributed by atoms with van der Waals surface area (Å²) in [6.07, 6.45) is 1.27. The molecule has 0 bridgehead atoms. The van der Waals surface area contributed by atoms with Crippen LogP contribution >= 0.6 is 0 Å². The highest BCUT2D eigenvalue weighted by molar-refractivity contribution is 7.92. The van der Waals surface area contributed by atoms with Crippen molar-refractivity contribution in [2.75, 3.05) is 11.3 Å². The Morgan fingerprint density at radius 2 is 2.18 bits per heavy atom. The van der Waals surface area contributed by atoms with Gasteiger partial charge >= 0.3 is 5.97 Å². The second-order valence-corrected chi connectivity index (χ2v) is 6.10. The summed E-state index contributed by atoms with van der Waals surface area (Å²) in [5.74, 6) is -0.359. The average Bonchev–Trinajstić information content (AvgIpc) is 2.97. The summed E-state index contributed by atoms with van der Waals surface area (Å²) in [4.78, 5) is 11.5. The third-order valence-corrected chi connectivity index (χ3v) is 3.80. The molecule has 2 aromatic heterocycles. The second kappa shape index (κ2) is 6.13. The van der Waals surface area contributed by atoms with E-state index in [0.29, 0.717) is 5.69 Å². The normalized spacial score (nSPS) is 11.4. The van der Waals surface area contributed by atoms with E-state index in [1.165, 1.54) is 21.6 Å². The highest BCUT2D eigenvalue weighted by Gasteiger charge is 2.21. The number of sulfonamides is 1. The number of anilines is 1. The average molecular weight is 328 g/mol. The summed E-state index contributed by atoms with van der Waals surface area (Å²) in [6, 6.07) is 1.51. The molecule has 2 heterocycles. The molecule has 2 rings (SSSR count). The molecule has 0 aliphatic rings. The van der Waals surface area contributed by atoms with Gasteiger partial charge < -0.3 is 4.74 Å². The van der Waals surface area contributed by atoms with E-state index in [1.54, 1.807) is 20.9 Å². The Morgan fingerprint density at radius 3 is 2.77 bits per heavy atom. The van der Waals surface area contributed by atoms with Gasteiger partial charge in [0.2, 0.25) is 5.03 Å². The van der Waals surface area contributed by atoms with Crippen LogP contribution in [-0.4, -0.2) is 45.8 Å². The first-order chi connectivity index (χ1) is 10.3. The van der Waals surface area contributed by atoms with Crippen molar-refractivity contribution in [3.05, 3.63) is 18.0 Å². The van der Waals surface area contributed by atoms with E-state index in [4.69, 9.17) is 4.74 Å². The Morgan fingerprint density at radius 1 is 1.45 bits per heavy atom. The lowest BCUT2D eigenvalue weighted by molar-refractivity contribution is -0.144. The highest BCUT2D eigenvalue weighted by Crippen LogP contribution is 2.15. The van der Waals surface area contributed by atoms with Crippen molar-refractivity contribution in [1.82, 2.24) is 24.8 Å². The molecule has 2 aromatic rings. The maximum absolute atomic E-state index is 12.2. The monoisotopic (exact) mass is 328 g/mol. The minimum Gasteiger partial charge on any atom is -0.465 e. The molecule has 0 aliphatic carbocycles. The summed E-state index contributed by atoms with van der Waals surface area (Å²) in [7, 11) is -2.35. The quantitative estimate of drug-likeness (QED) is 0.721. The molecule has 22 heavy (non-hydrogen) atoms. The predicted molar refractivity (Wildman–Crippen MR) is 75.4 cm³/mol. The van der Waals surface area contributed by atoms with Gasteiger partial charge in [0.15, 0.2) is 0 Å². The molecule has 0 aromatic carbocycles. The molecule has 0 atom stereocenters. The van der Waals surface area contributed by atoms with Crippen molar-refractivity contribution in [1.29, 1.82) is 0 Å². The Balaban J connectivity index is 2.24. The van der Waals surface area contributed by atoms with Gasteiger partial charge in [-0.15, -0.1) is 5.10 Å². The maximum atomic E-state index is 12.2. The van der Waals surface area contributed by atoms with E-state index < -0.39 is 16.0 Å². The summed E-state index contributed by atoms with van der Waals surface area (Å²) in [5, 5.41) is 11.0. The highest BCUT2D eigenvalue weighted by atomic mass is 32.2. The summed E-state index contributed by atoms with van der Waals surface area (Å²) >= 11 is 0. The topological polar surface area (TPSA) is 121 Å². The number of nitrogens with one attached hydrogen (secondary N) is 1. The molecule has 11 heteroatoms. The Labute approximate surface area is 127 Å². The van der Waals surface area contributed by atoms with Crippen LogP contribution in [0.3, 0.4) is 0 Å². The van der Waals surface area contributed by atoms with Crippen molar-refractivity contribution in [3.63, 3.8) is 0 Å². The molecular formula is C11H16N6O4S. The Bertz CT molecular complexity index is 778. The largest absolute Gasteiger partial charge is 0.465 e. The fourth-order valence-corrected chi connectivity index (χ4v) is 2.70. The predicted octanol–water partition coefficient (Wildman–Crippen LogP) is -0.316. The number of aromatic nitrogens is 5. The molecule has 0 amide bonds. The summed E-state index contributed by atoms with van der Waals surface area (Å²) in [5.41, 5.74) is 0.557. The molecule has 0 unspecified atom stereocenters. The second-order valence-electron chi connectivity index (χ2n) is 4.47. The minimum atomic E-state index is -3.91. The summed E-state index contributed by atoms with van der Waals surface area (Å²) in [6.45, 7) is 3.41. The number of ether oxygens (including phenoxy) is 1. The van der Waals surface area contributed by atoms with Gasteiger partial charge in [0.1, 0.15) is 12.4 Å². The van der Waals surface area contributed by atoms with Crippen molar-refractivity contribution in [3.8, 4) is 0 Å². The molecule has 0 aliphatic heterocycles. The lowest BCUT2D eigenvalue weighted by Crippen LogP contribution is -2.20. The summed E-state index contributed by atoms with van der Waals surface area (Å²) < 4.78 is 34.1. The number of hydrogen-bond acceptors (Lipinski definition) is 7. The minimum absolute atomic E-state index is 0.149. The molecular weight excluding hydrogens is 312 g/mol. The van der Waals surface area contributed by atoms with Crippen LogP contribution < -0.4 is 4.72 Å². The Hall–Kier alpha value is -2.43. The lowest BCUT2D eigenvalue weighted by atomic mass is 10.5. The third-order valence-electron chi connectivity index (χ3n) is 2.58. The van der Waals surface area contributed by atoms with Gasteiger partial charge in [-0.1, -0.05) is 5.21 Å². The molecule has 0 saturated heterocycles. The number of rotatable bonds is 6. The zero-order chi connectivity index (χ0) is 16.3. The van der Waals surface area contributed by atoms with Crippen molar-refractivity contribution < 1.29 is 17.9 Å². The Kier molecular flexibility index (Phi) is 4.45. The molecule has 0 spiro atoms. The first-order valence-corrected chi connectivity index (χ1v) is 7.89. The number of hydrogen-bond donors (Lipinski definition) is 1. The first kappa shape index (κ1) is 15.9. The molecule has 10 nitrogen and oxygen atoms in total. The fourth-order valence-electron chi connectivity index (χ4n) is 1.72. The molecule has 120 valence electrons. The molecule has 0 fully saturated rings. The lowest BCUT2D eigenvalue weighted by Gasteiger charge is -2.08. The van der Waals surface area contributed by atoms with Crippen LogP contribution in [0, 0.1) is 6.92 Å². The van der Waals surface area contributed by atoms with E-state index in [-0.39, 0.29) is 24.0 Å². The maximum Gasteiger partial charge on any atom is 0.327 e. The number of carbonyl (C=O) groups excluding carboxylic acids is 1. The van der Waals surface area contributed by atoms with Gasteiger partial charge in [0.05, 0.1) is 18.5 Å². The smallest absolute Gasteiger partial charge is 0.327 e. The van der Waals surface area contributed by atoms with Gasteiger partial charge in [-0.05, 0) is 13.8 Å². The van der Waals surface area contributed by atoms with Crippen molar-refractivity contribution in [2.24, 2.45) is 7.05 Å². The van der Waals surface area contributed by atoms with E-state index in [9.17, 15) is 13.2 Å². The van der Waals surface area contributed by atoms with Gasteiger partial charge in [-0.3, -0.25) is 14.2 Å². The van der Waals surface area contributed by atoms with E-state index in [2.05, 4.69) is 20.1 Å². The standard InChI is InChI=1S/C11H16N6O4S/c1-4-21-11(18)7-17-9(5-8(2)13-17)14-22(19,20)10-6-16(3)15-12-10/h5-6,14H,4,7H2,1-3H3. The van der Waals surface area contributed by atoms with Crippen LogP contribution in [0.4, 0.5) is 5.82 Å². The van der Waals surface area contributed by atoms with Crippen LogP contribution in [0.2, 0.25) is 0 Å². The van der Waals surface area contributed by atoms with E-state index in [1.807, 2.05) is 0 Å². The number of esters is 1. The number of carbonyl (C=O) groups is 1.